The van der Waals surface area contributed by atoms with E-state index in [0.717, 1.165) is 16.2 Å². The van der Waals surface area contributed by atoms with Crippen molar-refractivity contribution >= 4 is 27.4 Å². The van der Waals surface area contributed by atoms with Crippen molar-refractivity contribution in [3.05, 3.63) is 86.8 Å². The highest BCUT2D eigenvalue weighted by Crippen LogP contribution is 2.33. The van der Waals surface area contributed by atoms with Gasteiger partial charge in [-0.15, -0.1) is 0 Å². The first-order valence-electron chi connectivity index (χ1n) is 8.46. The van der Waals surface area contributed by atoms with Crippen LogP contribution in [0.1, 0.15) is 5.56 Å². The van der Waals surface area contributed by atoms with Gasteiger partial charge in [-0.3, -0.25) is 10.1 Å². The Morgan fingerprint density at radius 2 is 1.86 bits per heavy atom. The lowest BCUT2D eigenvalue weighted by Gasteiger charge is -2.12. The maximum Gasteiger partial charge on any atom is 0.336 e. The van der Waals surface area contributed by atoms with Gasteiger partial charge >= 0.3 is 5.63 Å². The minimum atomic E-state index is -0.508. The maximum atomic E-state index is 12.0. The summed E-state index contributed by atoms with van der Waals surface area (Å²) in [6.07, 6.45) is 0. The average molecular weight is 377 g/mol. The number of methoxy groups -OCH3 is 1. The lowest BCUT2D eigenvalue weighted by atomic mass is 10.0. The van der Waals surface area contributed by atoms with Crippen molar-refractivity contribution in [3.8, 4) is 11.5 Å². The number of hydrogen-bond acceptors (Lipinski definition) is 6. The van der Waals surface area contributed by atoms with E-state index >= 15 is 0 Å². The van der Waals surface area contributed by atoms with Crippen LogP contribution in [-0.2, 0) is 6.61 Å². The fraction of sp³-hybridized carbons (Fsp3) is 0.0952. The van der Waals surface area contributed by atoms with Gasteiger partial charge in [0.05, 0.1) is 18.1 Å². The number of nitrogens with zero attached hydrogens (tertiary/aromatic N) is 1. The van der Waals surface area contributed by atoms with E-state index < -0.39 is 10.5 Å². The molecular formula is C21H15NO6. The summed E-state index contributed by atoms with van der Waals surface area (Å²) in [5, 5.41) is 13.7. The van der Waals surface area contributed by atoms with Crippen LogP contribution in [0.15, 0.2) is 69.9 Å². The Balaban J connectivity index is 1.81. The van der Waals surface area contributed by atoms with Crippen molar-refractivity contribution < 1.29 is 18.8 Å². The third-order valence-electron chi connectivity index (χ3n) is 4.46. The zero-order chi connectivity index (χ0) is 19.7. The first-order valence-corrected chi connectivity index (χ1v) is 8.46. The predicted octanol–water partition coefficient (Wildman–Crippen LogP) is 4.44. The minimum Gasteiger partial charge on any atom is -0.493 e. The average Bonchev–Trinajstić information content (AvgIpc) is 2.71. The van der Waals surface area contributed by atoms with Crippen LogP contribution in [0.4, 0.5) is 5.69 Å². The Hall–Kier alpha value is -3.87. The molecule has 0 fully saturated rings. The van der Waals surface area contributed by atoms with E-state index in [2.05, 4.69) is 0 Å². The number of nitro benzene ring substituents is 1. The maximum absolute atomic E-state index is 12.0. The highest BCUT2D eigenvalue weighted by Gasteiger charge is 2.15. The molecule has 1 heterocycles. The molecule has 28 heavy (non-hydrogen) atoms. The summed E-state index contributed by atoms with van der Waals surface area (Å²) < 4.78 is 16.4. The zero-order valence-electron chi connectivity index (χ0n) is 14.9. The number of nitro groups is 1. The molecule has 0 aliphatic carbocycles. The van der Waals surface area contributed by atoms with E-state index in [0.29, 0.717) is 16.9 Å². The number of hydrogen-bond donors (Lipinski definition) is 0. The molecule has 0 saturated heterocycles. The third-order valence-corrected chi connectivity index (χ3v) is 4.46. The lowest BCUT2D eigenvalue weighted by molar-refractivity contribution is -0.385. The summed E-state index contributed by atoms with van der Waals surface area (Å²) in [6.45, 7) is 0.0215. The molecule has 4 rings (SSSR count). The number of non-ortho nitro benzene ring substituents is 1. The van der Waals surface area contributed by atoms with Gasteiger partial charge in [0.15, 0.2) is 11.5 Å². The van der Waals surface area contributed by atoms with Gasteiger partial charge in [-0.25, -0.2) is 4.79 Å². The van der Waals surface area contributed by atoms with E-state index in [1.165, 1.54) is 31.4 Å². The molecule has 1 aromatic heterocycles. The standard InChI is InChI=1S/C21H15NO6/c1-26-17-9-7-15(22(24)25)11-19(17)27-12-14-10-20(23)28-18-8-6-13-4-2-3-5-16(13)21(14)18/h2-11H,12H2,1H3. The molecule has 140 valence electrons. The molecule has 0 saturated carbocycles. The molecule has 0 unspecified atom stereocenters. The van der Waals surface area contributed by atoms with E-state index in [1.807, 2.05) is 30.3 Å². The van der Waals surface area contributed by atoms with Crippen molar-refractivity contribution in [1.29, 1.82) is 0 Å². The van der Waals surface area contributed by atoms with E-state index in [1.54, 1.807) is 6.07 Å². The van der Waals surface area contributed by atoms with Crippen LogP contribution in [0, 0.1) is 10.1 Å². The van der Waals surface area contributed by atoms with Crippen LogP contribution < -0.4 is 15.1 Å². The summed E-state index contributed by atoms with van der Waals surface area (Å²) in [6, 6.07) is 16.8. The van der Waals surface area contributed by atoms with Crippen LogP contribution in [0.5, 0.6) is 11.5 Å². The Kier molecular flexibility index (Phi) is 4.41. The molecule has 7 nitrogen and oxygen atoms in total. The monoisotopic (exact) mass is 377 g/mol. The topological polar surface area (TPSA) is 91.8 Å². The molecule has 0 atom stereocenters. The molecule has 4 aromatic rings. The molecule has 0 aliphatic rings. The fourth-order valence-electron chi connectivity index (χ4n) is 3.18. The smallest absolute Gasteiger partial charge is 0.336 e. The number of fused-ring (bicyclic) bond motifs is 3. The Morgan fingerprint density at radius 3 is 2.64 bits per heavy atom. The van der Waals surface area contributed by atoms with Gasteiger partial charge in [-0.05, 0) is 22.9 Å². The Morgan fingerprint density at radius 1 is 1.04 bits per heavy atom. The van der Waals surface area contributed by atoms with Gasteiger partial charge in [0.25, 0.3) is 5.69 Å². The highest BCUT2D eigenvalue weighted by atomic mass is 16.6. The van der Waals surface area contributed by atoms with Crippen LogP contribution in [0.3, 0.4) is 0 Å². The fourth-order valence-corrected chi connectivity index (χ4v) is 3.18. The number of ether oxygens (including phenoxy) is 2. The molecule has 0 N–H and O–H groups in total. The number of rotatable bonds is 5. The molecule has 0 bridgehead atoms. The molecule has 3 aromatic carbocycles. The second-order valence-electron chi connectivity index (χ2n) is 6.13. The second kappa shape index (κ2) is 7.03. The molecule has 7 heteroatoms. The highest BCUT2D eigenvalue weighted by molar-refractivity contribution is 6.07. The predicted molar refractivity (Wildman–Crippen MR) is 104 cm³/mol. The van der Waals surface area contributed by atoms with Crippen LogP contribution in [0.25, 0.3) is 21.7 Å². The Labute approximate surface area is 158 Å². The number of benzene rings is 3. The van der Waals surface area contributed by atoms with Crippen molar-refractivity contribution in [2.45, 2.75) is 6.61 Å². The molecular weight excluding hydrogens is 362 g/mol. The van der Waals surface area contributed by atoms with Crippen LogP contribution in [-0.4, -0.2) is 12.0 Å². The third kappa shape index (κ3) is 3.14. The van der Waals surface area contributed by atoms with E-state index in [-0.39, 0.29) is 18.0 Å². The van der Waals surface area contributed by atoms with E-state index in [4.69, 9.17) is 13.9 Å². The van der Waals surface area contributed by atoms with Crippen molar-refractivity contribution in [2.24, 2.45) is 0 Å². The quantitative estimate of drug-likeness (QED) is 0.221. The van der Waals surface area contributed by atoms with Gasteiger partial charge in [0.1, 0.15) is 12.2 Å². The van der Waals surface area contributed by atoms with Crippen LogP contribution in [0.2, 0.25) is 0 Å². The summed E-state index contributed by atoms with van der Waals surface area (Å²) in [5.74, 6) is 0.584. The molecule has 0 spiro atoms. The Bertz CT molecular complexity index is 1260. The lowest BCUT2D eigenvalue weighted by Crippen LogP contribution is -2.05. The van der Waals surface area contributed by atoms with Crippen molar-refractivity contribution in [3.63, 3.8) is 0 Å². The van der Waals surface area contributed by atoms with Gasteiger partial charge in [0.2, 0.25) is 0 Å². The first kappa shape index (κ1) is 17.5. The summed E-state index contributed by atoms with van der Waals surface area (Å²) in [5.41, 5.74) is 0.471. The van der Waals surface area contributed by atoms with Crippen molar-refractivity contribution in [1.82, 2.24) is 0 Å². The zero-order valence-corrected chi connectivity index (χ0v) is 14.9. The van der Waals surface area contributed by atoms with Crippen LogP contribution >= 0.6 is 0 Å². The molecule has 0 aliphatic heterocycles. The van der Waals surface area contributed by atoms with E-state index in [9.17, 15) is 14.9 Å². The van der Waals surface area contributed by atoms with Gasteiger partial charge in [-0.1, -0.05) is 30.3 Å². The summed E-state index contributed by atoms with van der Waals surface area (Å²) in [4.78, 5) is 22.5. The van der Waals surface area contributed by atoms with Gasteiger partial charge in [-0.2, -0.15) is 0 Å². The largest absolute Gasteiger partial charge is 0.493 e. The molecule has 0 amide bonds. The summed E-state index contributed by atoms with van der Waals surface area (Å²) in [7, 11) is 1.45. The first-order chi connectivity index (χ1) is 13.6. The normalized spacial score (nSPS) is 10.9. The van der Waals surface area contributed by atoms with Gasteiger partial charge < -0.3 is 13.9 Å². The minimum absolute atomic E-state index is 0.0215. The van der Waals surface area contributed by atoms with Crippen molar-refractivity contribution in [2.75, 3.05) is 7.11 Å². The SMILES string of the molecule is COc1ccc([N+](=O)[O-])cc1OCc1cc(=O)oc2ccc3ccccc3c12. The summed E-state index contributed by atoms with van der Waals surface area (Å²) >= 11 is 0. The molecule has 0 radical (unpaired) electrons. The second-order valence-corrected chi connectivity index (χ2v) is 6.13. The van der Waals surface area contributed by atoms with Gasteiger partial charge in [0, 0.05) is 23.1 Å².